The van der Waals surface area contributed by atoms with Gasteiger partial charge in [0.25, 0.3) is 5.91 Å². The molecular weight excluding hydrogens is 443 g/mol. The lowest BCUT2D eigenvalue weighted by molar-refractivity contribution is 0.0527. The highest BCUT2D eigenvalue weighted by molar-refractivity contribution is 5.92. The van der Waals surface area contributed by atoms with Crippen molar-refractivity contribution in [2.75, 3.05) is 38.2 Å². The van der Waals surface area contributed by atoms with Crippen molar-refractivity contribution in [2.24, 2.45) is 5.10 Å². The number of anilines is 1. The number of amides is 3. The van der Waals surface area contributed by atoms with Crippen LogP contribution < -0.4 is 10.4 Å². The van der Waals surface area contributed by atoms with Gasteiger partial charge in [0.05, 0.1) is 19.3 Å². The van der Waals surface area contributed by atoms with Crippen molar-refractivity contribution in [3.05, 3.63) is 53.1 Å². The van der Waals surface area contributed by atoms with Gasteiger partial charge in [0.1, 0.15) is 11.6 Å². The van der Waals surface area contributed by atoms with Crippen molar-refractivity contribution >= 4 is 24.1 Å². The first-order valence-corrected chi connectivity index (χ1v) is 10.0. The van der Waals surface area contributed by atoms with Crippen LogP contribution in [0.3, 0.4) is 0 Å². The fraction of sp³-hybridized carbons (Fsp3) is 0.350. The Morgan fingerprint density at radius 2 is 1.79 bits per heavy atom. The van der Waals surface area contributed by atoms with Crippen LogP contribution >= 0.6 is 0 Å². The molecule has 13 heteroatoms. The largest absolute Gasteiger partial charge is 0.341 e. The molecule has 0 saturated carbocycles. The summed E-state index contributed by atoms with van der Waals surface area (Å²) in [4.78, 5) is 40.6. The van der Waals surface area contributed by atoms with Crippen molar-refractivity contribution in [2.45, 2.75) is 12.5 Å². The molecular formula is C20H20F3N7O3. The molecule has 0 aliphatic carbocycles. The number of hydrazone groups is 1. The number of rotatable bonds is 4. The molecule has 1 unspecified atom stereocenters. The molecule has 1 atom stereocenters. The quantitative estimate of drug-likeness (QED) is 0.695. The minimum absolute atomic E-state index is 0.136. The molecule has 2 aliphatic heterocycles. The highest BCUT2D eigenvalue weighted by atomic mass is 19.1. The number of hydrogen-bond donors (Lipinski definition) is 1. The van der Waals surface area contributed by atoms with Crippen LogP contribution in [-0.4, -0.2) is 71.3 Å². The van der Waals surface area contributed by atoms with Crippen LogP contribution in [0.2, 0.25) is 0 Å². The van der Waals surface area contributed by atoms with Gasteiger partial charge in [0, 0.05) is 44.9 Å². The number of benzene rings is 1. The molecule has 1 aromatic carbocycles. The van der Waals surface area contributed by atoms with Crippen molar-refractivity contribution in [3.8, 4) is 0 Å². The molecule has 1 aromatic heterocycles. The summed E-state index contributed by atoms with van der Waals surface area (Å²) in [6.45, 7) is 1.18. The first-order chi connectivity index (χ1) is 15.9. The van der Waals surface area contributed by atoms with Gasteiger partial charge in [-0.05, 0) is 17.7 Å². The lowest BCUT2D eigenvalue weighted by atomic mass is 10.0. The van der Waals surface area contributed by atoms with Gasteiger partial charge in [-0.25, -0.2) is 38.4 Å². The van der Waals surface area contributed by atoms with Crippen molar-refractivity contribution < 1.29 is 27.6 Å². The van der Waals surface area contributed by atoms with Gasteiger partial charge < -0.3 is 9.80 Å². The number of halogens is 3. The molecule has 10 nitrogen and oxygen atoms in total. The summed E-state index contributed by atoms with van der Waals surface area (Å²) in [5.74, 6) is -3.06. The second-order valence-corrected chi connectivity index (χ2v) is 7.36. The van der Waals surface area contributed by atoms with E-state index in [2.05, 4.69) is 19.9 Å². The fourth-order valence-electron chi connectivity index (χ4n) is 3.70. The Labute approximate surface area is 186 Å². The molecule has 1 saturated heterocycles. The molecule has 2 aliphatic rings. The third-order valence-corrected chi connectivity index (χ3v) is 5.27. The van der Waals surface area contributed by atoms with Crippen molar-refractivity contribution in [3.63, 3.8) is 0 Å². The van der Waals surface area contributed by atoms with E-state index in [-0.39, 0.29) is 19.0 Å². The summed E-state index contributed by atoms with van der Waals surface area (Å²) in [6, 6.07) is 2.13. The predicted octanol–water partition coefficient (Wildman–Crippen LogP) is 1.86. The third kappa shape index (κ3) is 4.72. The summed E-state index contributed by atoms with van der Waals surface area (Å²) < 4.78 is 41.2. The van der Waals surface area contributed by atoms with E-state index < -0.39 is 41.1 Å². The first-order valence-electron chi connectivity index (χ1n) is 10.0. The summed E-state index contributed by atoms with van der Waals surface area (Å²) >= 11 is 0. The van der Waals surface area contributed by atoms with Gasteiger partial charge in [-0.3, -0.25) is 9.63 Å². The standard InChI is InChI=1S/C20H20F3N7O3/c1-33-27-18(31)17-15(23)11-24-19(26-17)28-4-6-29(7-5-28)20(32)30-16(2-3-25-30)12-8-13(21)10-14(22)9-12/h3,8-11,16H,2,4-7H2,1H3,(H,27,31). The maximum Gasteiger partial charge on any atom is 0.341 e. The Morgan fingerprint density at radius 1 is 1.09 bits per heavy atom. The van der Waals surface area contributed by atoms with Gasteiger partial charge in [0.15, 0.2) is 11.5 Å². The number of carbonyl (C=O) groups excluding carboxylic acids is 2. The lowest BCUT2D eigenvalue weighted by Gasteiger charge is -2.37. The molecule has 0 bridgehead atoms. The minimum Gasteiger partial charge on any atom is -0.337 e. The molecule has 33 heavy (non-hydrogen) atoms. The maximum atomic E-state index is 13.9. The van der Waals surface area contributed by atoms with Crippen molar-refractivity contribution in [1.29, 1.82) is 0 Å². The number of hydroxylamine groups is 1. The Kier molecular flexibility index (Phi) is 6.40. The number of nitrogens with one attached hydrogen (secondary N) is 1. The summed E-state index contributed by atoms with van der Waals surface area (Å²) in [7, 11) is 1.22. The molecule has 2 aromatic rings. The maximum absolute atomic E-state index is 13.9. The molecule has 4 rings (SSSR count). The zero-order chi connectivity index (χ0) is 23.5. The number of urea groups is 1. The normalized spacial score (nSPS) is 18.1. The number of carbonyl (C=O) groups is 2. The number of aromatic nitrogens is 2. The summed E-state index contributed by atoms with van der Waals surface area (Å²) in [5.41, 5.74) is 1.86. The molecule has 1 fully saturated rings. The highest BCUT2D eigenvalue weighted by Crippen LogP contribution is 2.30. The Morgan fingerprint density at radius 3 is 2.45 bits per heavy atom. The van der Waals surface area contributed by atoms with Crippen LogP contribution in [0, 0.1) is 17.5 Å². The van der Waals surface area contributed by atoms with Crippen LogP contribution in [0.1, 0.15) is 28.5 Å². The second kappa shape index (κ2) is 9.40. The molecule has 0 radical (unpaired) electrons. The van der Waals surface area contributed by atoms with Gasteiger partial charge in [0.2, 0.25) is 5.95 Å². The molecule has 3 heterocycles. The molecule has 3 amide bonds. The molecule has 1 N–H and O–H groups in total. The average molecular weight is 463 g/mol. The molecule has 174 valence electrons. The Hall–Kier alpha value is -3.74. The van der Waals surface area contributed by atoms with Crippen LogP contribution in [0.4, 0.5) is 23.9 Å². The summed E-state index contributed by atoms with van der Waals surface area (Å²) in [6.07, 6.45) is 2.76. The smallest absolute Gasteiger partial charge is 0.337 e. The topological polar surface area (TPSA) is 103 Å². The van der Waals surface area contributed by atoms with E-state index in [0.717, 1.165) is 12.3 Å². The van der Waals surface area contributed by atoms with Crippen LogP contribution in [0.25, 0.3) is 0 Å². The van der Waals surface area contributed by atoms with Crippen LogP contribution in [0.15, 0.2) is 29.5 Å². The zero-order valence-electron chi connectivity index (χ0n) is 17.5. The number of nitrogens with zero attached hydrogens (tertiary/aromatic N) is 6. The van der Waals surface area contributed by atoms with E-state index in [4.69, 9.17) is 0 Å². The van der Waals surface area contributed by atoms with Gasteiger partial charge in [-0.15, -0.1) is 0 Å². The van der Waals surface area contributed by atoms with Crippen LogP contribution in [-0.2, 0) is 4.84 Å². The van der Waals surface area contributed by atoms with E-state index in [9.17, 15) is 22.8 Å². The number of piperazine rings is 1. The van der Waals surface area contributed by atoms with Crippen molar-refractivity contribution in [1.82, 2.24) is 25.4 Å². The van der Waals surface area contributed by atoms with Gasteiger partial charge in [-0.1, -0.05) is 0 Å². The van der Waals surface area contributed by atoms with E-state index in [1.807, 2.05) is 5.48 Å². The lowest BCUT2D eigenvalue weighted by Crippen LogP contribution is -2.52. The highest BCUT2D eigenvalue weighted by Gasteiger charge is 2.34. The van der Waals surface area contributed by atoms with Gasteiger partial charge in [-0.2, -0.15) is 5.10 Å². The first kappa shape index (κ1) is 22.5. The average Bonchev–Trinajstić information content (AvgIpc) is 3.28. The van der Waals surface area contributed by atoms with E-state index in [0.29, 0.717) is 25.1 Å². The van der Waals surface area contributed by atoms with Gasteiger partial charge >= 0.3 is 6.03 Å². The fourth-order valence-corrected chi connectivity index (χ4v) is 3.70. The van der Waals surface area contributed by atoms with E-state index in [1.165, 1.54) is 30.5 Å². The molecule has 0 spiro atoms. The second-order valence-electron chi connectivity index (χ2n) is 7.36. The monoisotopic (exact) mass is 463 g/mol. The zero-order valence-corrected chi connectivity index (χ0v) is 17.5. The minimum atomic E-state index is -0.895. The number of hydrogen-bond acceptors (Lipinski definition) is 7. The van der Waals surface area contributed by atoms with Crippen LogP contribution in [0.5, 0.6) is 0 Å². The SMILES string of the molecule is CONC(=O)c1nc(N2CCN(C(=O)N3N=CCC3c3cc(F)cc(F)c3)CC2)ncc1F. The summed E-state index contributed by atoms with van der Waals surface area (Å²) in [5, 5.41) is 5.31. The Bertz CT molecular complexity index is 1070. The van der Waals surface area contributed by atoms with E-state index in [1.54, 1.807) is 9.80 Å². The Balaban J connectivity index is 1.42. The van der Waals surface area contributed by atoms with E-state index >= 15 is 0 Å². The third-order valence-electron chi connectivity index (χ3n) is 5.27. The predicted molar refractivity (Wildman–Crippen MR) is 110 cm³/mol.